The Balaban J connectivity index is 2.59. The second-order valence-electron chi connectivity index (χ2n) is 5.59. The van der Waals surface area contributed by atoms with Gasteiger partial charge in [-0.05, 0) is 31.5 Å². The Labute approximate surface area is 127 Å². The van der Waals surface area contributed by atoms with Crippen molar-refractivity contribution in [1.82, 2.24) is 5.32 Å². The van der Waals surface area contributed by atoms with Crippen LogP contribution < -0.4 is 5.32 Å². The van der Waals surface area contributed by atoms with E-state index in [0.717, 1.165) is 6.07 Å². The third-order valence-corrected chi connectivity index (χ3v) is 4.04. The molecule has 6 heteroatoms. The number of ether oxygens (including phenoxy) is 1. The number of nitrogens with one attached hydrogen (secondary N) is 1. The highest BCUT2D eigenvalue weighted by Gasteiger charge is 2.49. The van der Waals surface area contributed by atoms with Crippen molar-refractivity contribution < 1.29 is 22.3 Å². The summed E-state index contributed by atoms with van der Waals surface area (Å²) in [6.45, 7) is 4.22. The zero-order chi connectivity index (χ0) is 16.5. The van der Waals surface area contributed by atoms with Crippen LogP contribution in [-0.4, -0.2) is 26.3 Å². The molecule has 1 aromatic carbocycles. The van der Waals surface area contributed by atoms with E-state index in [2.05, 4.69) is 5.32 Å². The molecule has 0 saturated heterocycles. The zero-order valence-corrected chi connectivity index (χ0v) is 12.8. The van der Waals surface area contributed by atoms with Gasteiger partial charge in [0.25, 0.3) is 0 Å². The summed E-state index contributed by atoms with van der Waals surface area (Å²) >= 11 is 0. The fourth-order valence-corrected chi connectivity index (χ4v) is 3.19. The van der Waals surface area contributed by atoms with Crippen LogP contribution >= 0.6 is 0 Å². The van der Waals surface area contributed by atoms with Crippen molar-refractivity contribution in [2.75, 3.05) is 20.3 Å². The molecule has 0 spiro atoms. The van der Waals surface area contributed by atoms with E-state index < -0.39 is 34.3 Å². The summed E-state index contributed by atoms with van der Waals surface area (Å²) < 4.78 is 61.2. The van der Waals surface area contributed by atoms with Crippen LogP contribution in [0.2, 0.25) is 0 Å². The summed E-state index contributed by atoms with van der Waals surface area (Å²) in [4.78, 5) is 0. The lowest BCUT2D eigenvalue weighted by atomic mass is 9.77. The minimum atomic E-state index is -1.44. The molecular formula is C16H19F4NO. The van der Waals surface area contributed by atoms with Crippen LogP contribution in [0.1, 0.15) is 31.4 Å². The summed E-state index contributed by atoms with van der Waals surface area (Å²) in [5.74, 6) is -5.00. The second-order valence-corrected chi connectivity index (χ2v) is 5.59. The summed E-state index contributed by atoms with van der Waals surface area (Å²) in [5, 5.41) is 3.11. The van der Waals surface area contributed by atoms with Crippen LogP contribution in [0, 0.1) is 11.6 Å². The Morgan fingerprint density at radius 2 is 1.91 bits per heavy atom. The summed E-state index contributed by atoms with van der Waals surface area (Å²) in [6, 6.07) is 1.97. The molecule has 0 radical (unpaired) electrons. The fraction of sp³-hybridized carbons (Fsp3) is 0.500. The predicted molar refractivity (Wildman–Crippen MR) is 76.8 cm³/mol. The van der Waals surface area contributed by atoms with Crippen LogP contribution in [0.4, 0.5) is 17.6 Å². The minimum Gasteiger partial charge on any atom is -0.383 e. The normalized spacial score (nSPS) is 22.1. The van der Waals surface area contributed by atoms with Gasteiger partial charge in [-0.1, -0.05) is 13.0 Å². The Hall–Kier alpha value is -1.40. The SMILES string of the molecule is CCNC(C)CC1(COC)C(F)=C(F)c2c1ccc(F)c2F. The summed E-state index contributed by atoms with van der Waals surface area (Å²) in [6.07, 6.45) is 0.173. The molecule has 2 unspecified atom stereocenters. The van der Waals surface area contributed by atoms with E-state index in [1.807, 2.05) is 13.8 Å². The van der Waals surface area contributed by atoms with Gasteiger partial charge in [0.2, 0.25) is 0 Å². The Morgan fingerprint density at radius 3 is 2.50 bits per heavy atom. The molecule has 122 valence electrons. The van der Waals surface area contributed by atoms with Crippen molar-refractivity contribution in [1.29, 1.82) is 0 Å². The highest BCUT2D eigenvalue weighted by molar-refractivity contribution is 5.75. The van der Waals surface area contributed by atoms with Crippen molar-refractivity contribution in [2.45, 2.75) is 31.7 Å². The van der Waals surface area contributed by atoms with Crippen molar-refractivity contribution in [3.05, 3.63) is 40.7 Å². The monoisotopic (exact) mass is 317 g/mol. The van der Waals surface area contributed by atoms with E-state index in [4.69, 9.17) is 4.74 Å². The quantitative estimate of drug-likeness (QED) is 0.805. The van der Waals surface area contributed by atoms with Gasteiger partial charge < -0.3 is 10.1 Å². The highest BCUT2D eigenvalue weighted by Crippen LogP contribution is 2.51. The Kier molecular flexibility index (Phi) is 4.92. The maximum Gasteiger partial charge on any atom is 0.169 e. The second kappa shape index (κ2) is 6.38. The first-order valence-corrected chi connectivity index (χ1v) is 7.16. The van der Waals surface area contributed by atoms with Crippen molar-refractivity contribution >= 4 is 5.83 Å². The number of hydrogen-bond acceptors (Lipinski definition) is 2. The maximum atomic E-state index is 14.6. The van der Waals surface area contributed by atoms with Gasteiger partial charge in [-0.25, -0.2) is 17.6 Å². The molecule has 1 N–H and O–H groups in total. The van der Waals surface area contributed by atoms with Gasteiger partial charge in [0.05, 0.1) is 17.6 Å². The predicted octanol–water partition coefficient (Wildman–Crippen LogP) is 3.86. The molecule has 2 nitrogen and oxygen atoms in total. The van der Waals surface area contributed by atoms with Crippen molar-refractivity contribution in [2.24, 2.45) is 0 Å². The maximum absolute atomic E-state index is 14.6. The third-order valence-electron chi connectivity index (χ3n) is 4.04. The van der Waals surface area contributed by atoms with Gasteiger partial charge in [0.1, 0.15) is 5.83 Å². The molecule has 0 aliphatic heterocycles. The van der Waals surface area contributed by atoms with Gasteiger partial charge in [0.15, 0.2) is 17.5 Å². The molecule has 22 heavy (non-hydrogen) atoms. The third kappa shape index (κ3) is 2.54. The zero-order valence-electron chi connectivity index (χ0n) is 12.8. The molecular weight excluding hydrogens is 298 g/mol. The smallest absolute Gasteiger partial charge is 0.169 e. The first kappa shape index (κ1) is 17.0. The van der Waals surface area contributed by atoms with E-state index in [1.165, 1.54) is 13.2 Å². The standard InChI is InChI=1S/C16H19F4NO/c1-4-21-9(2)7-16(8-22-3)10-5-6-11(17)13(18)12(10)14(19)15(16)20/h5-6,9,21H,4,7-8H2,1-3H3. The van der Waals surface area contributed by atoms with E-state index in [9.17, 15) is 17.6 Å². The van der Waals surface area contributed by atoms with E-state index in [-0.39, 0.29) is 24.6 Å². The molecule has 2 atom stereocenters. The van der Waals surface area contributed by atoms with Crippen LogP contribution in [-0.2, 0) is 10.2 Å². The summed E-state index contributed by atoms with van der Waals surface area (Å²) in [5.41, 5.74) is -1.98. The fourth-order valence-electron chi connectivity index (χ4n) is 3.19. The molecule has 0 saturated carbocycles. The molecule has 0 aromatic heterocycles. The lowest BCUT2D eigenvalue weighted by Gasteiger charge is -2.32. The number of methoxy groups -OCH3 is 1. The Bertz CT molecular complexity index is 602. The molecule has 1 aromatic rings. The number of rotatable bonds is 6. The summed E-state index contributed by atoms with van der Waals surface area (Å²) in [7, 11) is 1.36. The van der Waals surface area contributed by atoms with Gasteiger partial charge >= 0.3 is 0 Å². The molecule has 1 aliphatic rings. The molecule has 0 bridgehead atoms. The molecule has 0 amide bonds. The average Bonchev–Trinajstić information content (AvgIpc) is 2.66. The van der Waals surface area contributed by atoms with Crippen molar-refractivity contribution in [3.8, 4) is 0 Å². The van der Waals surface area contributed by atoms with Gasteiger partial charge in [-0.15, -0.1) is 0 Å². The largest absolute Gasteiger partial charge is 0.383 e. The molecule has 0 fully saturated rings. The van der Waals surface area contributed by atoms with Crippen LogP contribution in [0.25, 0.3) is 5.83 Å². The van der Waals surface area contributed by atoms with E-state index >= 15 is 0 Å². The topological polar surface area (TPSA) is 21.3 Å². The van der Waals surface area contributed by atoms with Crippen LogP contribution in [0.15, 0.2) is 18.0 Å². The number of halogens is 4. The van der Waals surface area contributed by atoms with Crippen LogP contribution in [0.5, 0.6) is 0 Å². The highest BCUT2D eigenvalue weighted by atomic mass is 19.2. The number of hydrogen-bond donors (Lipinski definition) is 1. The van der Waals surface area contributed by atoms with Gasteiger partial charge in [-0.2, -0.15) is 0 Å². The van der Waals surface area contributed by atoms with E-state index in [0.29, 0.717) is 6.54 Å². The lowest BCUT2D eigenvalue weighted by molar-refractivity contribution is 0.124. The number of fused-ring (bicyclic) bond motifs is 1. The van der Waals surface area contributed by atoms with Gasteiger partial charge in [0, 0.05) is 13.2 Å². The van der Waals surface area contributed by atoms with Crippen molar-refractivity contribution in [3.63, 3.8) is 0 Å². The molecule has 2 rings (SSSR count). The first-order chi connectivity index (χ1) is 10.4. The van der Waals surface area contributed by atoms with Crippen LogP contribution in [0.3, 0.4) is 0 Å². The average molecular weight is 317 g/mol. The molecule has 0 heterocycles. The first-order valence-electron chi connectivity index (χ1n) is 7.16. The minimum absolute atomic E-state index is 0.0907. The Morgan fingerprint density at radius 1 is 1.23 bits per heavy atom. The van der Waals surface area contributed by atoms with Gasteiger partial charge in [-0.3, -0.25) is 0 Å². The lowest BCUT2D eigenvalue weighted by Crippen LogP contribution is -2.39. The van der Waals surface area contributed by atoms with E-state index in [1.54, 1.807) is 0 Å². The number of benzene rings is 1. The molecule has 1 aliphatic carbocycles.